The predicted octanol–water partition coefficient (Wildman–Crippen LogP) is -0.434. The average Bonchev–Trinajstić information content (AvgIpc) is 2.75. The van der Waals surface area contributed by atoms with E-state index >= 15 is 0 Å². The molecule has 0 spiro atoms. The molecule has 2 aliphatic heterocycles. The van der Waals surface area contributed by atoms with E-state index in [1.165, 1.54) is 7.11 Å². The number of cyclic esters (lactones) is 1. The molecule has 96 valence electrons. The highest BCUT2D eigenvalue weighted by Crippen LogP contribution is 2.18. The van der Waals surface area contributed by atoms with Gasteiger partial charge in [0.2, 0.25) is 0 Å². The van der Waals surface area contributed by atoms with Crippen molar-refractivity contribution in [1.82, 2.24) is 4.90 Å². The van der Waals surface area contributed by atoms with Gasteiger partial charge in [-0.2, -0.15) is 0 Å². The van der Waals surface area contributed by atoms with Gasteiger partial charge in [-0.15, -0.1) is 0 Å². The van der Waals surface area contributed by atoms with Gasteiger partial charge in [0.15, 0.2) is 0 Å². The predicted molar refractivity (Wildman–Crippen MR) is 57.3 cm³/mol. The van der Waals surface area contributed by atoms with E-state index in [-0.39, 0.29) is 30.5 Å². The lowest BCUT2D eigenvalue weighted by molar-refractivity contribution is -0.148. The van der Waals surface area contributed by atoms with E-state index in [1.54, 1.807) is 0 Å². The fourth-order valence-corrected chi connectivity index (χ4v) is 2.23. The molecule has 2 aliphatic rings. The van der Waals surface area contributed by atoms with Crippen molar-refractivity contribution in [2.75, 3.05) is 33.4 Å². The van der Waals surface area contributed by atoms with Gasteiger partial charge in [-0.3, -0.25) is 14.5 Å². The van der Waals surface area contributed by atoms with Crippen LogP contribution in [-0.4, -0.2) is 62.4 Å². The number of carbonyl (C=O) groups is 2. The van der Waals surface area contributed by atoms with Gasteiger partial charge in [-0.05, 0) is 0 Å². The second kappa shape index (κ2) is 5.46. The number of esters is 2. The molecular weight excluding hydrogens is 226 g/mol. The summed E-state index contributed by atoms with van der Waals surface area (Å²) in [5.74, 6) is -0.449. The molecule has 6 nitrogen and oxygen atoms in total. The molecule has 0 bridgehead atoms. The van der Waals surface area contributed by atoms with Gasteiger partial charge in [0, 0.05) is 19.5 Å². The van der Waals surface area contributed by atoms with E-state index in [2.05, 4.69) is 4.74 Å². The third-order valence-electron chi connectivity index (χ3n) is 3.14. The minimum absolute atomic E-state index is 0.163. The van der Waals surface area contributed by atoms with Crippen LogP contribution in [0.4, 0.5) is 0 Å². The second-order valence-corrected chi connectivity index (χ2v) is 4.24. The van der Waals surface area contributed by atoms with Crippen LogP contribution in [0, 0.1) is 0 Å². The summed E-state index contributed by atoms with van der Waals surface area (Å²) in [5.41, 5.74) is 0. The number of hydrogen-bond donors (Lipinski definition) is 0. The normalized spacial score (nSPS) is 30.1. The quantitative estimate of drug-likeness (QED) is 0.626. The Morgan fingerprint density at radius 1 is 1.53 bits per heavy atom. The molecule has 0 aromatic heterocycles. The monoisotopic (exact) mass is 243 g/mol. The first-order valence-electron chi connectivity index (χ1n) is 5.80. The summed E-state index contributed by atoms with van der Waals surface area (Å²) in [4.78, 5) is 24.7. The number of morpholine rings is 1. The lowest BCUT2D eigenvalue weighted by atomic mass is 10.1. The first-order valence-corrected chi connectivity index (χ1v) is 5.80. The Bertz CT molecular complexity index is 306. The fourth-order valence-electron chi connectivity index (χ4n) is 2.23. The van der Waals surface area contributed by atoms with Crippen molar-refractivity contribution in [3.8, 4) is 0 Å². The Balaban J connectivity index is 1.88. The lowest BCUT2D eigenvalue weighted by Crippen LogP contribution is -2.49. The number of carbonyl (C=O) groups excluding carboxylic acids is 2. The minimum atomic E-state index is -0.286. The Morgan fingerprint density at radius 3 is 3.00 bits per heavy atom. The maximum Gasteiger partial charge on any atom is 0.323 e. The van der Waals surface area contributed by atoms with E-state index < -0.39 is 0 Å². The van der Waals surface area contributed by atoms with E-state index in [0.717, 1.165) is 6.42 Å². The second-order valence-electron chi connectivity index (χ2n) is 4.24. The lowest BCUT2D eigenvalue weighted by Gasteiger charge is -2.34. The summed E-state index contributed by atoms with van der Waals surface area (Å²) in [6, 6.07) is -0.168. The number of nitrogens with zero attached hydrogens (tertiary/aromatic N) is 1. The van der Waals surface area contributed by atoms with Crippen LogP contribution in [0.25, 0.3) is 0 Å². The third kappa shape index (κ3) is 2.95. The summed E-state index contributed by atoms with van der Waals surface area (Å²) in [6.07, 6.45) is 0.767. The van der Waals surface area contributed by atoms with E-state index in [4.69, 9.17) is 9.47 Å². The van der Waals surface area contributed by atoms with Crippen molar-refractivity contribution < 1.29 is 23.8 Å². The zero-order chi connectivity index (χ0) is 12.3. The van der Waals surface area contributed by atoms with Gasteiger partial charge in [-0.1, -0.05) is 0 Å². The van der Waals surface area contributed by atoms with Gasteiger partial charge in [0.05, 0.1) is 32.8 Å². The summed E-state index contributed by atoms with van der Waals surface area (Å²) in [6.45, 7) is 2.31. The molecule has 0 aliphatic carbocycles. The van der Waals surface area contributed by atoms with Crippen LogP contribution in [-0.2, 0) is 23.8 Å². The van der Waals surface area contributed by atoms with Gasteiger partial charge >= 0.3 is 11.9 Å². The molecule has 2 fully saturated rings. The van der Waals surface area contributed by atoms with Crippen LogP contribution in [0.5, 0.6) is 0 Å². The molecule has 0 aromatic rings. The van der Waals surface area contributed by atoms with E-state index in [1.807, 2.05) is 4.90 Å². The third-order valence-corrected chi connectivity index (χ3v) is 3.14. The Labute approximate surface area is 99.8 Å². The highest BCUT2D eigenvalue weighted by molar-refractivity contribution is 5.77. The topological polar surface area (TPSA) is 65.1 Å². The van der Waals surface area contributed by atoms with Crippen LogP contribution in [0.15, 0.2) is 0 Å². The molecule has 2 unspecified atom stereocenters. The van der Waals surface area contributed by atoms with Crippen molar-refractivity contribution >= 4 is 11.9 Å². The SMILES string of the molecule is COC(=O)CC1CN(C2CCOC2=O)CCO1. The molecule has 17 heavy (non-hydrogen) atoms. The number of methoxy groups -OCH3 is 1. The summed E-state index contributed by atoms with van der Waals surface area (Å²) in [5, 5.41) is 0. The maximum absolute atomic E-state index is 11.5. The molecule has 0 amide bonds. The van der Waals surface area contributed by atoms with Gasteiger partial charge in [-0.25, -0.2) is 0 Å². The smallest absolute Gasteiger partial charge is 0.323 e. The van der Waals surface area contributed by atoms with Crippen LogP contribution in [0.2, 0.25) is 0 Å². The van der Waals surface area contributed by atoms with Gasteiger partial charge in [0.25, 0.3) is 0 Å². The number of ether oxygens (including phenoxy) is 3. The summed E-state index contributed by atoms with van der Waals surface area (Å²) in [7, 11) is 1.36. The maximum atomic E-state index is 11.5. The number of rotatable bonds is 3. The van der Waals surface area contributed by atoms with Crippen molar-refractivity contribution in [1.29, 1.82) is 0 Å². The first-order chi connectivity index (χ1) is 8.20. The molecule has 0 saturated carbocycles. The van der Waals surface area contributed by atoms with Gasteiger partial charge < -0.3 is 14.2 Å². The molecule has 6 heteroatoms. The van der Waals surface area contributed by atoms with Crippen LogP contribution in [0.3, 0.4) is 0 Å². The first kappa shape index (κ1) is 12.3. The van der Waals surface area contributed by atoms with E-state index in [9.17, 15) is 9.59 Å². The molecule has 2 saturated heterocycles. The zero-order valence-electron chi connectivity index (χ0n) is 9.89. The van der Waals surface area contributed by atoms with Crippen molar-refractivity contribution in [3.05, 3.63) is 0 Å². The Kier molecular flexibility index (Phi) is 3.96. The molecule has 0 radical (unpaired) electrons. The van der Waals surface area contributed by atoms with Crippen molar-refractivity contribution in [2.45, 2.75) is 25.0 Å². The molecule has 2 rings (SSSR count). The average molecular weight is 243 g/mol. The fraction of sp³-hybridized carbons (Fsp3) is 0.818. The number of hydrogen-bond acceptors (Lipinski definition) is 6. The molecular formula is C11H17NO5. The largest absolute Gasteiger partial charge is 0.469 e. The van der Waals surface area contributed by atoms with Crippen molar-refractivity contribution in [2.24, 2.45) is 0 Å². The van der Waals surface area contributed by atoms with Crippen LogP contribution >= 0.6 is 0 Å². The zero-order valence-corrected chi connectivity index (χ0v) is 9.89. The summed E-state index contributed by atoms with van der Waals surface area (Å²) < 4.78 is 15.0. The standard InChI is InChI=1S/C11H17NO5/c1-15-10(13)6-8-7-12(3-5-16-8)9-2-4-17-11(9)14/h8-9H,2-7H2,1H3. The molecule has 0 N–H and O–H groups in total. The highest BCUT2D eigenvalue weighted by atomic mass is 16.5. The minimum Gasteiger partial charge on any atom is -0.469 e. The summed E-state index contributed by atoms with van der Waals surface area (Å²) >= 11 is 0. The Hall–Kier alpha value is -1.14. The Morgan fingerprint density at radius 2 is 2.35 bits per heavy atom. The van der Waals surface area contributed by atoms with Gasteiger partial charge in [0.1, 0.15) is 6.04 Å². The van der Waals surface area contributed by atoms with Crippen LogP contribution in [0.1, 0.15) is 12.8 Å². The molecule has 0 aromatic carbocycles. The molecule has 2 heterocycles. The molecule has 2 atom stereocenters. The van der Waals surface area contributed by atoms with E-state index in [0.29, 0.717) is 26.3 Å². The van der Waals surface area contributed by atoms with Crippen LogP contribution < -0.4 is 0 Å². The van der Waals surface area contributed by atoms with Crippen molar-refractivity contribution in [3.63, 3.8) is 0 Å². The highest BCUT2D eigenvalue weighted by Gasteiger charge is 2.35.